The van der Waals surface area contributed by atoms with E-state index in [-0.39, 0.29) is 0 Å². The van der Waals surface area contributed by atoms with Gasteiger partial charge in [-0.25, -0.2) is 0 Å². The summed E-state index contributed by atoms with van der Waals surface area (Å²) in [5.41, 5.74) is 1.41. The Morgan fingerprint density at radius 2 is 1.79 bits per heavy atom. The van der Waals surface area contributed by atoms with Gasteiger partial charge in [-0.2, -0.15) is 0 Å². The van der Waals surface area contributed by atoms with Crippen LogP contribution in [0.1, 0.15) is 24.8 Å². The SMILES string of the molecule is c1ccc(CNC2C3CCCC32)cc1. The van der Waals surface area contributed by atoms with Gasteiger partial charge in [0.25, 0.3) is 0 Å². The van der Waals surface area contributed by atoms with Crippen molar-refractivity contribution in [2.75, 3.05) is 0 Å². The third kappa shape index (κ3) is 1.46. The molecule has 2 aliphatic rings. The number of nitrogens with one attached hydrogen (secondary N) is 1. The second-order valence-electron chi connectivity index (χ2n) is 4.65. The Hall–Kier alpha value is -0.820. The maximum absolute atomic E-state index is 3.67. The Morgan fingerprint density at radius 1 is 1.07 bits per heavy atom. The molecule has 2 unspecified atom stereocenters. The monoisotopic (exact) mass is 187 g/mol. The highest BCUT2D eigenvalue weighted by molar-refractivity contribution is 5.15. The summed E-state index contributed by atoms with van der Waals surface area (Å²) < 4.78 is 0. The Morgan fingerprint density at radius 3 is 2.50 bits per heavy atom. The van der Waals surface area contributed by atoms with Gasteiger partial charge in [0.1, 0.15) is 0 Å². The summed E-state index contributed by atoms with van der Waals surface area (Å²) in [6.07, 6.45) is 4.41. The van der Waals surface area contributed by atoms with Crippen molar-refractivity contribution in [2.45, 2.75) is 31.8 Å². The number of benzene rings is 1. The van der Waals surface area contributed by atoms with Crippen molar-refractivity contribution in [3.8, 4) is 0 Å². The maximum Gasteiger partial charge on any atom is 0.0208 e. The molecule has 1 aromatic carbocycles. The van der Waals surface area contributed by atoms with Crippen molar-refractivity contribution >= 4 is 0 Å². The van der Waals surface area contributed by atoms with E-state index in [1.54, 1.807) is 0 Å². The molecule has 1 N–H and O–H groups in total. The molecule has 0 aromatic heterocycles. The van der Waals surface area contributed by atoms with Crippen molar-refractivity contribution in [1.29, 1.82) is 0 Å². The fourth-order valence-corrected chi connectivity index (χ4v) is 2.96. The summed E-state index contributed by atoms with van der Waals surface area (Å²) in [6.45, 7) is 1.05. The quantitative estimate of drug-likeness (QED) is 0.767. The second-order valence-corrected chi connectivity index (χ2v) is 4.65. The lowest BCUT2D eigenvalue weighted by Gasteiger charge is -2.06. The van der Waals surface area contributed by atoms with E-state index in [4.69, 9.17) is 0 Å². The Kier molecular flexibility index (Phi) is 2.06. The zero-order valence-corrected chi connectivity index (χ0v) is 8.45. The topological polar surface area (TPSA) is 12.0 Å². The minimum absolute atomic E-state index is 0.851. The molecule has 0 radical (unpaired) electrons. The molecule has 0 amide bonds. The fourth-order valence-electron chi connectivity index (χ4n) is 2.96. The van der Waals surface area contributed by atoms with Gasteiger partial charge in [0, 0.05) is 12.6 Å². The Balaban J connectivity index is 1.52. The first kappa shape index (κ1) is 8.49. The van der Waals surface area contributed by atoms with E-state index in [0.29, 0.717) is 0 Å². The molecule has 2 saturated carbocycles. The zero-order valence-electron chi connectivity index (χ0n) is 8.45. The molecule has 2 fully saturated rings. The lowest BCUT2D eigenvalue weighted by atomic mass is 10.2. The van der Waals surface area contributed by atoms with Crippen molar-refractivity contribution in [1.82, 2.24) is 5.32 Å². The van der Waals surface area contributed by atoms with Gasteiger partial charge in [-0.15, -0.1) is 0 Å². The van der Waals surface area contributed by atoms with E-state index in [1.807, 2.05) is 0 Å². The van der Waals surface area contributed by atoms with Crippen LogP contribution < -0.4 is 5.32 Å². The smallest absolute Gasteiger partial charge is 0.0208 e. The van der Waals surface area contributed by atoms with E-state index in [9.17, 15) is 0 Å². The molecule has 1 aromatic rings. The minimum atomic E-state index is 0.851. The minimum Gasteiger partial charge on any atom is -0.309 e. The van der Waals surface area contributed by atoms with E-state index < -0.39 is 0 Å². The third-order valence-electron chi connectivity index (χ3n) is 3.79. The summed E-state index contributed by atoms with van der Waals surface area (Å²) >= 11 is 0. The summed E-state index contributed by atoms with van der Waals surface area (Å²) in [5.74, 6) is 2.05. The van der Waals surface area contributed by atoms with Gasteiger partial charge in [0.15, 0.2) is 0 Å². The molecule has 1 heteroatoms. The lowest BCUT2D eigenvalue weighted by Crippen LogP contribution is -2.19. The molecule has 0 aliphatic heterocycles. The van der Waals surface area contributed by atoms with Gasteiger partial charge < -0.3 is 5.32 Å². The van der Waals surface area contributed by atoms with Crippen molar-refractivity contribution in [2.24, 2.45) is 11.8 Å². The van der Waals surface area contributed by atoms with Crippen molar-refractivity contribution in [3.05, 3.63) is 35.9 Å². The van der Waals surface area contributed by atoms with Gasteiger partial charge in [-0.05, 0) is 30.2 Å². The van der Waals surface area contributed by atoms with Crippen LogP contribution in [0.2, 0.25) is 0 Å². The van der Waals surface area contributed by atoms with Crippen molar-refractivity contribution in [3.63, 3.8) is 0 Å². The van der Waals surface area contributed by atoms with Gasteiger partial charge in [-0.3, -0.25) is 0 Å². The summed E-state index contributed by atoms with van der Waals surface area (Å²) in [6, 6.07) is 11.6. The van der Waals surface area contributed by atoms with Gasteiger partial charge in [-0.1, -0.05) is 36.8 Å². The number of fused-ring (bicyclic) bond motifs is 1. The zero-order chi connectivity index (χ0) is 9.38. The Labute approximate surface area is 85.5 Å². The van der Waals surface area contributed by atoms with E-state index >= 15 is 0 Å². The van der Waals surface area contributed by atoms with Crippen LogP contribution >= 0.6 is 0 Å². The van der Waals surface area contributed by atoms with Crippen LogP contribution in [-0.2, 0) is 6.54 Å². The number of rotatable bonds is 3. The molecule has 0 heterocycles. The highest BCUT2D eigenvalue weighted by atomic mass is 15.0. The summed E-state index contributed by atoms with van der Waals surface area (Å²) in [4.78, 5) is 0. The van der Waals surface area contributed by atoms with Crippen LogP contribution in [-0.4, -0.2) is 6.04 Å². The maximum atomic E-state index is 3.67. The molecule has 74 valence electrons. The van der Waals surface area contributed by atoms with E-state index in [2.05, 4.69) is 35.6 Å². The largest absolute Gasteiger partial charge is 0.309 e. The highest BCUT2D eigenvalue weighted by Crippen LogP contribution is 2.51. The molecule has 0 spiro atoms. The van der Waals surface area contributed by atoms with E-state index in [1.165, 1.54) is 24.8 Å². The van der Waals surface area contributed by atoms with E-state index in [0.717, 1.165) is 24.4 Å². The molecule has 1 nitrogen and oxygen atoms in total. The molecular formula is C13H17N. The number of hydrogen-bond acceptors (Lipinski definition) is 1. The van der Waals surface area contributed by atoms with Crippen molar-refractivity contribution < 1.29 is 0 Å². The third-order valence-corrected chi connectivity index (χ3v) is 3.79. The van der Waals surface area contributed by atoms with Crippen LogP contribution in [0.5, 0.6) is 0 Å². The standard InChI is InChI=1S/C13H17N/c1-2-5-10(6-3-1)9-14-13-11-7-4-8-12(11)13/h1-3,5-6,11-14H,4,7-9H2. The molecular weight excluding hydrogens is 170 g/mol. The summed E-state index contributed by atoms with van der Waals surface area (Å²) in [7, 11) is 0. The highest BCUT2D eigenvalue weighted by Gasteiger charge is 2.51. The first-order chi connectivity index (χ1) is 6.95. The summed E-state index contributed by atoms with van der Waals surface area (Å²) in [5, 5.41) is 3.67. The van der Waals surface area contributed by atoms with Gasteiger partial charge >= 0.3 is 0 Å². The fraction of sp³-hybridized carbons (Fsp3) is 0.538. The van der Waals surface area contributed by atoms with Crippen LogP contribution in [0.25, 0.3) is 0 Å². The van der Waals surface area contributed by atoms with Gasteiger partial charge in [0.05, 0.1) is 0 Å². The van der Waals surface area contributed by atoms with Crippen LogP contribution in [0.15, 0.2) is 30.3 Å². The first-order valence-corrected chi connectivity index (χ1v) is 5.72. The predicted octanol–water partition coefficient (Wildman–Crippen LogP) is 2.57. The lowest BCUT2D eigenvalue weighted by molar-refractivity contribution is 0.560. The molecule has 3 rings (SSSR count). The molecule has 0 bridgehead atoms. The predicted molar refractivity (Wildman–Crippen MR) is 57.9 cm³/mol. The molecule has 2 atom stereocenters. The molecule has 2 aliphatic carbocycles. The first-order valence-electron chi connectivity index (χ1n) is 5.72. The molecule has 14 heavy (non-hydrogen) atoms. The second kappa shape index (κ2) is 3.39. The number of hydrogen-bond donors (Lipinski definition) is 1. The normalized spacial score (nSPS) is 34.1. The average Bonchev–Trinajstić information content (AvgIpc) is 2.69. The van der Waals surface area contributed by atoms with Crippen LogP contribution in [0, 0.1) is 11.8 Å². The van der Waals surface area contributed by atoms with Crippen LogP contribution in [0.4, 0.5) is 0 Å². The average molecular weight is 187 g/mol. The Bertz CT molecular complexity index is 296. The molecule has 0 saturated heterocycles. The van der Waals surface area contributed by atoms with Crippen LogP contribution in [0.3, 0.4) is 0 Å². The van der Waals surface area contributed by atoms with Gasteiger partial charge in [0.2, 0.25) is 0 Å².